The van der Waals surface area contributed by atoms with E-state index in [1.807, 2.05) is 18.2 Å². The highest BCUT2D eigenvalue weighted by Gasteiger charge is 2.25. The van der Waals surface area contributed by atoms with Crippen molar-refractivity contribution in [1.82, 2.24) is 19.9 Å². The topological polar surface area (TPSA) is 61.9 Å². The van der Waals surface area contributed by atoms with Gasteiger partial charge in [-0.3, -0.25) is 9.78 Å². The molecule has 0 radical (unpaired) electrons. The van der Waals surface area contributed by atoms with Gasteiger partial charge in [0.25, 0.3) is 5.56 Å². The van der Waals surface area contributed by atoms with Crippen LogP contribution in [0.25, 0.3) is 11.5 Å². The van der Waals surface area contributed by atoms with Crippen molar-refractivity contribution in [2.24, 2.45) is 5.92 Å². The molecule has 132 valence electrons. The first-order valence-corrected chi connectivity index (χ1v) is 9.53. The van der Waals surface area contributed by atoms with E-state index in [0.29, 0.717) is 11.7 Å². The van der Waals surface area contributed by atoms with Gasteiger partial charge in [0.1, 0.15) is 5.69 Å². The molecule has 25 heavy (non-hydrogen) atoms. The molecule has 1 N–H and O–H groups in total. The van der Waals surface area contributed by atoms with Crippen molar-refractivity contribution in [2.75, 3.05) is 19.6 Å². The number of nitrogens with zero attached hydrogens (tertiary/aromatic N) is 3. The van der Waals surface area contributed by atoms with Gasteiger partial charge >= 0.3 is 0 Å². The Labute approximate surface area is 148 Å². The summed E-state index contributed by atoms with van der Waals surface area (Å²) in [5.41, 5.74) is 1.56. The largest absolute Gasteiger partial charge is 0.305 e. The quantitative estimate of drug-likeness (QED) is 0.930. The third-order valence-electron chi connectivity index (χ3n) is 5.67. The Bertz CT molecular complexity index is 744. The van der Waals surface area contributed by atoms with Crippen molar-refractivity contribution in [3.63, 3.8) is 0 Å². The number of nitrogens with one attached hydrogen (secondary N) is 1. The van der Waals surface area contributed by atoms with Crippen LogP contribution in [0.1, 0.15) is 50.1 Å². The van der Waals surface area contributed by atoms with Crippen LogP contribution in [0.2, 0.25) is 0 Å². The SMILES string of the molecule is O=c1cc(C2CCN(CC3CCCC3)CC2)nc(-c2ccccn2)[nH]1. The van der Waals surface area contributed by atoms with Gasteiger partial charge in [0, 0.05) is 24.7 Å². The number of aromatic amines is 1. The number of H-pyrrole nitrogens is 1. The highest BCUT2D eigenvalue weighted by Crippen LogP contribution is 2.30. The molecular weight excluding hydrogens is 312 g/mol. The van der Waals surface area contributed by atoms with Gasteiger partial charge < -0.3 is 9.88 Å². The maximum atomic E-state index is 12.1. The summed E-state index contributed by atoms with van der Waals surface area (Å²) in [7, 11) is 0. The zero-order chi connectivity index (χ0) is 17.1. The van der Waals surface area contributed by atoms with Crippen LogP contribution in [0.5, 0.6) is 0 Å². The number of piperidine rings is 1. The minimum absolute atomic E-state index is 0.0842. The van der Waals surface area contributed by atoms with Crippen LogP contribution in [0, 0.1) is 5.92 Å². The molecule has 0 aromatic carbocycles. The Morgan fingerprint density at radius 2 is 1.92 bits per heavy atom. The summed E-state index contributed by atoms with van der Waals surface area (Å²) in [6, 6.07) is 7.33. The number of likely N-dealkylation sites (tertiary alicyclic amines) is 1. The number of rotatable bonds is 4. The molecule has 0 amide bonds. The van der Waals surface area contributed by atoms with Crippen LogP contribution in [-0.4, -0.2) is 39.5 Å². The smallest absolute Gasteiger partial charge is 0.251 e. The van der Waals surface area contributed by atoms with Gasteiger partial charge in [-0.15, -0.1) is 0 Å². The molecule has 1 aliphatic heterocycles. The predicted molar refractivity (Wildman–Crippen MR) is 98.5 cm³/mol. The molecule has 5 nitrogen and oxygen atoms in total. The fraction of sp³-hybridized carbons (Fsp3) is 0.550. The van der Waals surface area contributed by atoms with Crippen molar-refractivity contribution in [3.8, 4) is 11.5 Å². The molecule has 4 rings (SSSR count). The van der Waals surface area contributed by atoms with Crippen molar-refractivity contribution in [3.05, 3.63) is 46.5 Å². The lowest BCUT2D eigenvalue weighted by molar-refractivity contribution is 0.182. The maximum Gasteiger partial charge on any atom is 0.251 e. The van der Waals surface area contributed by atoms with Crippen LogP contribution < -0.4 is 5.56 Å². The highest BCUT2D eigenvalue weighted by molar-refractivity contribution is 5.48. The van der Waals surface area contributed by atoms with Gasteiger partial charge in [0.15, 0.2) is 5.82 Å². The van der Waals surface area contributed by atoms with Crippen molar-refractivity contribution < 1.29 is 0 Å². The predicted octanol–water partition coefficient (Wildman–Crippen LogP) is 3.20. The van der Waals surface area contributed by atoms with Gasteiger partial charge in [-0.25, -0.2) is 4.98 Å². The van der Waals surface area contributed by atoms with Crippen molar-refractivity contribution >= 4 is 0 Å². The lowest BCUT2D eigenvalue weighted by atomic mass is 9.92. The lowest BCUT2D eigenvalue weighted by Gasteiger charge is -2.33. The average Bonchev–Trinajstić information content (AvgIpc) is 3.16. The Kier molecular flexibility index (Phi) is 4.92. The Morgan fingerprint density at radius 1 is 1.12 bits per heavy atom. The van der Waals surface area contributed by atoms with E-state index < -0.39 is 0 Å². The van der Waals surface area contributed by atoms with Crippen LogP contribution >= 0.6 is 0 Å². The second-order valence-corrected chi connectivity index (χ2v) is 7.46. The molecule has 0 spiro atoms. The molecule has 0 atom stereocenters. The molecule has 5 heteroatoms. The van der Waals surface area contributed by atoms with Gasteiger partial charge in [-0.2, -0.15) is 0 Å². The molecule has 1 saturated heterocycles. The summed E-state index contributed by atoms with van der Waals surface area (Å²) < 4.78 is 0. The number of hydrogen-bond donors (Lipinski definition) is 1. The molecular formula is C20H26N4O. The maximum absolute atomic E-state index is 12.1. The van der Waals surface area contributed by atoms with E-state index in [0.717, 1.165) is 43.2 Å². The summed E-state index contributed by atoms with van der Waals surface area (Å²) in [6.07, 6.45) is 9.54. The summed E-state index contributed by atoms with van der Waals surface area (Å²) >= 11 is 0. The zero-order valence-corrected chi connectivity index (χ0v) is 14.7. The van der Waals surface area contributed by atoms with E-state index in [1.54, 1.807) is 12.3 Å². The molecule has 1 saturated carbocycles. The zero-order valence-electron chi connectivity index (χ0n) is 14.7. The van der Waals surface area contributed by atoms with E-state index in [9.17, 15) is 4.79 Å². The Balaban J connectivity index is 1.44. The van der Waals surface area contributed by atoms with E-state index in [4.69, 9.17) is 4.98 Å². The number of aromatic nitrogens is 3. The first-order valence-electron chi connectivity index (χ1n) is 9.53. The third kappa shape index (κ3) is 3.98. The van der Waals surface area contributed by atoms with E-state index in [2.05, 4.69) is 14.9 Å². The molecule has 2 aliphatic rings. The summed E-state index contributed by atoms with van der Waals surface area (Å²) in [5.74, 6) is 1.87. The molecule has 2 aromatic heterocycles. The Hall–Kier alpha value is -2.01. The fourth-order valence-corrected chi connectivity index (χ4v) is 4.28. The normalized spacial score (nSPS) is 20.2. The molecule has 1 aliphatic carbocycles. The second-order valence-electron chi connectivity index (χ2n) is 7.46. The van der Waals surface area contributed by atoms with E-state index in [-0.39, 0.29) is 5.56 Å². The van der Waals surface area contributed by atoms with Crippen LogP contribution in [0.3, 0.4) is 0 Å². The fourth-order valence-electron chi connectivity index (χ4n) is 4.28. The van der Waals surface area contributed by atoms with E-state index in [1.165, 1.54) is 32.2 Å². The van der Waals surface area contributed by atoms with Crippen molar-refractivity contribution in [1.29, 1.82) is 0 Å². The number of hydrogen-bond acceptors (Lipinski definition) is 4. The number of pyridine rings is 1. The van der Waals surface area contributed by atoms with Crippen LogP contribution in [0.4, 0.5) is 0 Å². The third-order valence-corrected chi connectivity index (χ3v) is 5.67. The minimum atomic E-state index is -0.0842. The molecule has 0 unspecified atom stereocenters. The first kappa shape index (κ1) is 16.5. The molecule has 2 aromatic rings. The lowest BCUT2D eigenvalue weighted by Crippen LogP contribution is -2.36. The molecule has 0 bridgehead atoms. The summed E-state index contributed by atoms with van der Waals surface area (Å²) in [5, 5.41) is 0. The first-order chi connectivity index (χ1) is 12.3. The van der Waals surface area contributed by atoms with E-state index >= 15 is 0 Å². The average molecular weight is 338 g/mol. The monoisotopic (exact) mass is 338 g/mol. The summed E-state index contributed by atoms with van der Waals surface area (Å²) in [6.45, 7) is 3.50. The molecule has 3 heterocycles. The van der Waals surface area contributed by atoms with Crippen molar-refractivity contribution in [2.45, 2.75) is 44.4 Å². The Morgan fingerprint density at radius 3 is 2.64 bits per heavy atom. The van der Waals surface area contributed by atoms with Crippen LogP contribution in [-0.2, 0) is 0 Å². The summed E-state index contributed by atoms with van der Waals surface area (Å²) in [4.78, 5) is 26.5. The van der Waals surface area contributed by atoms with Gasteiger partial charge in [-0.05, 0) is 56.8 Å². The van der Waals surface area contributed by atoms with Gasteiger partial charge in [0.05, 0.1) is 5.69 Å². The van der Waals surface area contributed by atoms with Gasteiger partial charge in [-0.1, -0.05) is 18.9 Å². The standard InChI is InChI=1S/C20H26N4O/c25-19-13-18(22-20(23-19)17-7-3-4-10-21-17)16-8-11-24(12-9-16)14-15-5-1-2-6-15/h3-4,7,10,13,15-16H,1-2,5-6,8-9,11-12,14H2,(H,22,23,25). The van der Waals surface area contributed by atoms with Gasteiger partial charge in [0.2, 0.25) is 0 Å². The van der Waals surface area contributed by atoms with Crippen LogP contribution in [0.15, 0.2) is 35.3 Å². The molecule has 2 fully saturated rings. The minimum Gasteiger partial charge on any atom is -0.305 e. The second kappa shape index (κ2) is 7.48. The highest BCUT2D eigenvalue weighted by atomic mass is 16.1.